The van der Waals surface area contributed by atoms with E-state index in [0.29, 0.717) is 42.6 Å². The van der Waals surface area contributed by atoms with Crippen LogP contribution in [0.3, 0.4) is 0 Å². The Bertz CT molecular complexity index is 631. The van der Waals surface area contributed by atoms with E-state index in [-0.39, 0.29) is 11.7 Å². The van der Waals surface area contributed by atoms with Crippen molar-refractivity contribution in [3.63, 3.8) is 0 Å². The van der Waals surface area contributed by atoms with Gasteiger partial charge in [-0.25, -0.2) is 0 Å². The van der Waals surface area contributed by atoms with E-state index in [1.165, 1.54) is 0 Å². The Labute approximate surface area is 130 Å². The standard InChI is InChI=1S/C18H21NO3/c1-12-10-14(12)17(21)19-8-6-18(7-9-19)11-15(20)13-4-2-3-5-16(13)22-18/h2-5,12,14H,6-11H2,1H3/t12-,14-/m0/s1. The average Bonchev–Trinajstić information content (AvgIpc) is 3.24. The van der Waals surface area contributed by atoms with Crippen LogP contribution in [0.15, 0.2) is 24.3 Å². The summed E-state index contributed by atoms with van der Waals surface area (Å²) in [4.78, 5) is 26.7. The number of fused-ring (bicyclic) bond motifs is 1. The van der Waals surface area contributed by atoms with Gasteiger partial charge in [0.05, 0.1) is 12.0 Å². The molecule has 1 aromatic carbocycles. The van der Waals surface area contributed by atoms with Crippen LogP contribution in [0.25, 0.3) is 0 Å². The topological polar surface area (TPSA) is 46.6 Å². The largest absolute Gasteiger partial charge is 0.486 e. The number of benzene rings is 1. The van der Waals surface area contributed by atoms with Crippen LogP contribution in [0.1, 0.15) is 43.0 Å². The molecule has 1 aliphatic carbocycles. The number of hydrogen-bond donors (Lipinski definition) is 0. The Morgan fingerprint density at radius 1 is 1.27 bits per heavy atom. The quantitative estimate of drug-likeness (QED) is 0.801. The van der Waals surface area contributed by atoms with Gasteiger partial charge < -0.3 is 9.64 Å². The molecule has 0 N–H and O–H groups in total. The second-order valence-corrected chi connectivity index (χ2v) is 7.03. The maximum absolute atomic E-state index is 12.4. The lowest BCUT2D eigenvalue weighted by atomic mass is 9.82. The zero-order valence-corrected chi connectivity index (χ0v) is 12.9. The van der Waals surface area contributed by atoms with Crippen LogP contribution in [-0.4, -0.2) is 35.3 Å². The number of nitrogens with zero attached hydrogens (tertiary/aromatic N) is 1. The second kappa shape index (κ2) is 4.83. The molecule has 0 unspecified atom stereocenters. The molecule has 1 amide bonds. The number of carbonyl (C=O) groups is 2. The fraction of sp³-hybridized carbons (Fsp3) is 0.556. The Morgan fingerprint density at radius 2 is 1.95 bits per heavy atom. The van der Waals surface area contributed by atoms with E-state index in [9.17, 15) is 9.59 Å². The molecular formula is C18H21NO3. The van der Waals surface area contributed by atoms with E-state index in [0.717, 1.165) is 19.3 Å². The van der Waals surface area contributed by atoms with Crippen molar-refractivity contribution in [3.8, 4) is 5.75 Å². The van der Waals surface area contributed by atoms with E-state index in [1.54, 1.807) is 0 Å². The van der Waals surface area contributed by atoms with Crippen LogP contribution < -0.4 is 4.74 Å². The summed E-state index contributed by atoms with van der Waals surface area (Å²) in [6.07, 6.45) is 2.97. The SMILES string of the molecule is C[C@H]1C[C@@H]1C(=O)N1CCC2(CC1)CC(=O)c1ccccc1O2. The number of piperidine rings is 1. The molecule has 1 aromatic rings. The Morgan fingerprint density at radius 3 is 2.64 bits per heavy atom. The first kappa shape index (κ1) is 13.8. The number of likely N-dealkylation sites (tertiary alicyclic amines) is 1. The van der Waals surface area contributed by atoms with Gasteiger partial charge in [0.2, 0.25) is 5.91 Å². The number of ether oxygens (including phenoxy) is 1. The zero-order valence-electron chi connectivity index (χ0n) is 12.9. The molecule has 2 heterocycles. The lowest BCUT2D eigenvalue weighted by Gasteiger charge is -2.44. The van der Waals surface area contributed by atoms with Crippen LogP contribution >= 0.6 is 0 Å². The third-order valence-corrected chi connectivity index (χ3v) is 5.41. The highest BCUT2D eigenvalue weighted by Crippen LogP contribution is 2.42. The summed E-state index contributed by atoms with van der Waals surface area (Å²) in [5.74, 6) is 1.95. The van der Waals surface area contributed by atoms with Crippen molar-refractivity contribution in [2.45, 2.75) is 38.2 Å². The van der Waals surface area contributed by atoms with Crippen molar-refractivity contribution in [2.24, 2.45) is 11.8 Å². The highest BCUT2D eigenvalue weighted by molar-refractivity contribution is 6.00. The molecule has 4 heteroatoms. The van der Waals surface area contributed by atoms with Crippen LogP contribution in [0, 0.1) is 11.8 Å². The summed E-state index contributed by atoms with van der Waals surface area (Å²) in [6, 6.07) is 7.48. The minimum Gasteiger partial charge on any atom is -0.486 e. The number of para-hydroxylation sites is 1. The molecule has 1 saturated heterocycles. The van der Waals surface area contributed by atoms with E-state index in [2.05, 4.69) is 6.92 Å². The molecule has 3 aliphatic rings. The maximum atomic E-state index is 12.4. The van der Waals surface area contributed by atoms with Crippen LogP contribution in [0.2, 0.25) is 0 Å². The second-order valence-electron chi connectivity index (χ2n) is 7.03. The minimum atomic E-state index is -0.405. The predicted octanol–water partition coefficient (Wildman–Crippen LogP) is 2.67. The number of rotatable bonds is 1. The van der Waals surface area contributed by atoms with E-state index >= 15 is 0 Å². The normalized spacial score (nSPS) is 29.0. The molecular weight excluding hydrogens is 278 g/mol. The maximum Gasteiger partial charge on any atom is 0.225 e. The van der Waals surface area contributed by atoms with Gasteiger partial charge in [-0.1, -0.05) is 19.1 Å². The fourth-order valence-corrected chi connectivity index (χ4v) is 3.76. The van der Waals surface area contributed by atoms with Crippen molar-refractivity contribution in [1.29, 1.82) is 0 Å². The summed E-state index contributed by atoms with van der Waals surface area (Å²) in [5.41, 5.74) is 0.288. The summed E-state index contributed by atoms with van der Waals surface area (Å²) < 4.78 is 6.20. The van der Waals surface area contributed by atoms with Gasteiger partial charge in [0, 0.05) is 31.8 Å². The third kappa shape index (κ3) is 2.21. The molecule has 0 aromatic heterocycles. The number of hydrogen-bond acceptors (Lipinski definition) is 3. The zero-order chi connectivity index (χ0) is 15.3. The highest BCUT2D eigenvalue weighted by atomic mass is 16.5. The van der Waals surface area contributed by atoms with Gasteiger partial charge in [0.15, 0.2) is 5.78 Å². The van der Waals surface area contributed by atoms with Gasteiger partial charge in [0.25, 0.3) is 0 Å². The summed E-state index contributed by atoms with van der Waals surface area (Å²) >= 11 is 0. The summed E-state index contributed by atoms with van der Waals surface area (Å²) in [7, 11) is 0. The lowest BCUT2D eigenvalue weighted by Crippen LogP contribution is -2.52. The average molecular weight is 299 g/mol. The van der Waals surface area contributed by atoms with Crippen molar-refractivity contribution in [2.75, 3.05) is 13.1 Å². The summed E-state index contributed by atoms with van der Waals surface area (Å²) in [5, 5.41) is 0. The molecule has 2 atom stereocenters. The first-order valence-corrected chi connectivity index (χ1v) is 8.18. The van der Waals surface area contributed by atoms with Crippen molar-refractivity contribution in [1.82, 2.24) is 4.90 Å². The molecule has 22 heavy (non-hydrogen) atoms. The lowest BCUT2D eigenvalue weighted by molar-refractivity contribution is -0.136. The Kier molecular flexibility index (Phi) is 3.03. The number of ketones is 1. The number of Topliss-reactive ketones (excluding diaryl/α,β-unsaturated/α-hetero) is 1. The molecule has 116 valence electrons. The fourth-order valence-electron chi connectivity index (χ4n) is 3.76. The molecule has 1 saturated carbocycles. The molecule has 0 bridgehead atoms. The smallest absolute Gasteiger partial charge is 0.225 e. The minimum absolute atomic E-state index is 0.164. The molecule has 2 aliphatic heterocycles. The monoisotopic (exact) mass is 299 g/mol. The van der Waals surface area contributed by atoms with E-state index in [4.69, 9.17) is 4.74 Å². The van der Waals surface area contributed by atoms with Gasteiger partial charge in [-0.05, 0) is 24.5 Å². The van der Waals surface area contributed by atoms with Crippen LogP contribution in [-0.2, 0) is 4.79 Å². The number of amides is 1. The van der Waals surface area contributed by atoms with Gasteiger partial charge in [0.1, 0.15) is 11.4 Å². The first-order chi connectivity index (χ1) is 10.6. The van der Waals surface area contributed by atoms with Crippen molar-refractivity contribution in [3.05, 3.63) is 29.8 Å². The van der Waals surface area contributed by atoms with Gasteiger partial charge in [-0.3, -0.25) is 9.59 Å². The predicted molar refractivity (Wildman–Crippen MR) is 81.8 cm³/mol. The summed E-state index contributed by atoms with van der Waals surface area (Å²) in [6.45, 7) is 3.54. The molecule has 2 fully saturated rings. The van der Waals surface area contributed by atoms with Crippen LogP contribution in [0.4, 0.5) is 0 Å². The van der Waals surface area contributed by atoms with Gasteiger partial charge in [-0.2, -0.15) is 0 Å². The Hall–Kier alpha value is -1.84. The van der Waals surface area contributed by atoms with Crippen molar-refractivity contribution >= 4 is 11.7 Å². The number of carbonyl (C=O) groups excluding carboxylic acids is 2. The Balaban J connectivity index is 1.47. The molecule has 4 nitrogen and oxygen atoms in total. The molecule has 4 rings (SSSR count). The van der Waals surface area contributed by atoms with Gasteiger partial charge >= 0.3 is 0 Å². The highest BCUT2D eigenvalue weighted by Gasteiger charge is 2.46. The van der Waals surface area contributed by atoms with Crippen LogP contribution in [0.5, 0.6) is 5.75 Å². The van der Waals surface area contributed by atoms with E-state index in [1.807, 2.05) is 29.2 Å². The third-order valence-electron chi connectivity index (χ3n) is 5.41. The van der Waals surface area contributed by atoms with Crippen molar-refractivity contribution < 1.29 is 14.3 Å². The molecule has 0 radical (unpaired) electrons. The first-order valence-electron chi connectivity index (χ1n) is 8.18. The molecule has 1 spiro atoms. The van der Waals surface area contributed by atoms with Gasteiger partial charge in [-0.15, -0.1) is 0 Å². The van der Waals surface area contributed by atoms with E-state index < -0.39 is 5.60 Å².